The van der Waals surface area contributed by atoms with Crippen molar-refractivity contribution in [3.8, 4) is 6.07 Å². The second-order valence-corrected chi connectivity index (χ2v) is 3.94. The zero-order valence-corrected chi connectivity index (χ0v) is 10.0. The lowest BCUT2D eigenvalue weighted by Gasteiger charge is -2.18. The molecule has 0 aliphatic carbocycles. The predicted molar refractivity (Wildman–Crippen MR) is 69.7 cm³/mol. The van der Waals surface area contributed by atoms with Crippen molar-refractivity contribution in [2.45, 2.75) is 6.54 Å². The second kappa shape index (κ2) is 5.15. The Kier molecular flexibility index (Phi) is 3.39. The van der Waals surface area contributed by atoms with Gasteiger partial charge in [-0.05, 0) is 23.8 Å². The van der Waals surface area contributed by atoms with Gasteiger partial charge in [0, 0.05) is 26.0 Å². The van der Waals surface area contributed by atoms with E-state index >= 15 is 0 Å². The van der Waals surface area contributed by atoms with Gasteiger partial charge >= 0.3 is 0 Å². The van der Waals surface area contributed by atoms with Crippen molar-refractivity contribution in [1.82, 2.24) is 9.97 Å². The van der Waals surface area contributed by atoms with Crippen LogP contribution in [0.1, 0.15) is 11.3 Å². The fraction of sp³-hybridized carbons (Fsp3) is 0.154. The molecule has 5 heteroatoms. The number of nitrogens with two attached hydrogens (primary N) is 1. The first-order valence-corrected chi connectivity index (χ1v) is 5.47. The third kappa shape index (κ3) is 2.55. The molecule has 2 aromatic heterocycles. The molecule has 0 saturated heterocycles. The Labute approximate surface area is 106 Å². The molecule has 2 heterocycles. The van der Waals surface area contributed by atoms with Gasteiger partial charge in [0.1, 0.15) is 11.9 Å². The standard InChI is InChI=1S/C13H13N5/c1-18(9-10-3-2-6-16-8-10)13-5-4-11(15)12(7-14)17-13/h2-6,8H,9,15H2,1H3. The van der Waals surface area contributed by atoms with Crippen LogP contribution < -0.4 is 10.6 Å². The van der Waals surface area contributed by atoms with Crippen LogP contribution in [-0.2, 0) is 6.54 Å². The van der Waals surface area contributed by atoms with Crippen molar-refractivity contribution < 1.29 is 0 Å². The number of pyridine rings is 2. The summed E-state index contributed by atoms with van der Waals surface area (Å²) in [6, 6.07) is 9.35. The van der Waals surface area contributed by atoms with E-state index in [0.29, 0.717) is 18.1 Å². The topological polar surface area (TPSA) is 78.8 Å². The summed E-state index contributed by atoms with van der Waals surface area (Å²) in [5, 5.41) is 8.89. The number of nitriles is 1. The highest BCUT2D eigenvalue weighted by Gasteiger charge is 2.07. The largest absolute Gasteiger partial charge is 0.396 e. The SMILES string of the molecule is CN(Cc1cccnc1)c1ccc(N)c(C#N)n1. The van der Waals surface area contributed by atoms with E-state index in [1.807, 2.05) is 30.1 Å². The quantitative estimate of drug-likeness (QED) is 0.879. The van der Waals surface area contributed by atoms with Crippen molar-refractivity contribution in [1.29, 1.82) is 5.26 Å². The number of aromatic nitrogens is 2. The maximum absolute atomic E-state index is 8.89. The Bertz CT molecular complexity index is 574. The summed E-state index contributed by atoms with van der Waals surface area (Å²) in [6.07, 6.45) is 3.54. The molecule has 2 aromatic rings. The number of anilines is 2. The molecule has 0 saturated carbocycles. The average Bonchev–Trinajstić information content (AvgIpc) is 2.40. The van der Waals surface area contributed by atoms with Crippen molar-refractivity contribution in [2.24, 2.45) is 0 Å². The summed E-state index contributed by atoms with van der Waals surface area (Å²) in [7, 11) is 1.91. The molecule has 0 amide bonds. The van der Waals surface area contributed by atoms with Gasteiger partial charge in [-0.2, -0.15) is 5.26 Å². The van der Waals surface area contributed by atoms with Crippen LogP contribution in [-0.4, -0.2) is 17.0 Å². The average molecular weight is 239 g/mol. The molecule has 0 aliphatic heterocycles. The van der Waals surface area contributed by atoms with Gasteiger partial charge in [-0.3, -0.25) is 4.98 Å². The molecule has 2 N–H and O–H groups in total. The number of hydrogen-bond acceptors (Lipinski definition) is 5. The number of hydrogen-bond donors (Lipinski definition) is 1. The van der Waals surface area contributed by atoms with Crippen molar-refractivity contribution in [3.63, 3.8) is 0 Å². The third-order valence-electron chi connectivity index (χ3n) is 2.55. The lowest BCUT2D eigenvalue weighted by molar-refractivity contribution is 0.890. The molecule has 0 bridgehead atoms. The molecule has 0 radical (unpaired) electrons. The maximum atomic E-state index is 8.89. The smallest absolute Gasteiger partial charge is 0.165 e. The zero-order valence-electron chi connectivity index (χ0n) is 10.0. The van der Waals surface area contributed by atoms with E-state index < -0.39 is 0 Å². The van der Waals surface area contributed by atoms with Gasteiger partial charge in [-0.1, -0.05) is 6.07 Å². The minimum absolute atomic E-state index is 0.255. The van der Waals surface area contributed by atoms with E-state index in [-0.39, 0.29) is 5.69 Å². The summed E-state index contributed by atoms with van der Waals surface area (Å²) >= 11 is 0. The van der Waals surface area contributed by atoms with Crippen molar-refractivity contribution >= 4 is 11.5 Å². The third-order valence-corrected chi connectivity index (χ3v) is 2.55. The Balaban J connectivity index is 2.19. The number of rotatable bonds is 3. The molecule has 0 atom stereocenters. The van der Waals surface area contributed by atoms with Crippen LogP contribution in [0.25, 0.3) is 0 Å². The van der Waals surface area contributed by atoms with Gasteiger partial charge in [0.25, 0.3) is 0 Å². The monoisotopic (exact) mass is 239 g/mol. The molecule has 0 spiro atoms. The number of nitrogen functional groups attached to an aromatic ring is 1. The Hall–Kier alpha value is -2.61. The maximum Gasteiger partial charge on any atom is 0.165 e. The number of nitrogens with zero attached hydrogens (tertiary/aromatic N) is 4. The van der Waals surface area contributed by atoms with E-state index in [0.717, 1.165) is 5.56 Å². The van der Waals surface area contributed by atoms with E-state index in [4.69, 9.17) is 11.0 Å². The van der Waals surface area contributed by atoms with Crippen LogP contribution in [0.2, 0.25) is 0 Å². The van der Waals surface area contributed by atoms with E-state index in [1.165, 1.54) is 0 Å². The van der Waals surface area contributed by atoms with E-state index in [9.17, 15) is 0 Å². The molecule has 18 heavy (non-hydrogen) atoms. The molecule has 0 fully saturated rings. The molecule has 0 aliphatic rings. The minimum atomic E-state index is 0.255. The highest BCUT2D eigenvalue weighted by Crippen LogP contribution is 2.16. The van der Waals surface area contributed by atoms with Crippen molar-refractivity contribution in [2.75, 3.05) is 17.7 Å². The summed E-state index contributed by atoms with van der Waals surface area (Å²) in [6.45, 7) is 0.676. The molecular formula is C13H13N5. The minimum Gasteiger partial charge on any atom is -0.396 e. The summed E-state index contributed by atoms with van der Waals surface area (Å²) < 4.78 is 0. The Morgan fingerprint density at radius 1 is 1.39 bits per heavy atom. The van der Waals surface area contributed by atoms with Crippen LogP contribution in [0.15, 0.2) is 36.7 Å². The lowest BCUT2D eigenvalue weighted by atomic mass is 10.2. The van der Waals surface area contributed by atoms with Gasteiger partial charge in [0.05, 0.1) is 5.69 Å². The highest BCUT2D eigenvalue weighted by molar-refractivity contribution is 5.55. The van der Waals surface area contributed by atoms with Gasteiger partial charge in [0.2, 0.25) is 0 Å². The predicted octanol–water partition coefficient (Wildman–Crippen LogP) is 1.57. The van der Waals surface area contributed by atoms with Crippen LogP contribution in [0.5, 0.6) is 0 Å². The summed E-state index contributed by atoms with van der Waals surface area (Å²) in [5.74, 6) is 0.713. The van der Waals surface area contributed by atoms with Crippen molar-refractivity contribution in [3.05, 3.63) is 47.9 Å². The second-order valence-electron chi connectivity index (χ2n) is 3.94. The van der Waals surface area contributed by atoms with Gasteiger partial charge in [-0.25, -0.2) is 4.98 Å². The van der Waals surface area contributed by atoms with Gasteiger partial charge in [0.15, 0.2) is 5.69 Å². The van der Waals surface area contributed by atoms with Crippen LogP contribution in [0.3, 0.4) is 0 Å². The Morgan fingerprint density at radius 2 is 2.22 bits per heavy atom. The van der Waals surface area contributed by atoms with Gasteiger partial charge < -0.3 is 10.6 Å². The normalized spacial score (nSPS) is 9.78. The molecular weight excluding hydrogens is 226 g/mol. The van der Waals surface area contributed by atoms with Crippen LogP contribution >= 0.6 is 0 Å². The zero-order chi connectivity index (χ0) is 13.0. The fourth-order valence-corrected chi connectivity index (χ4v) is 1.61. The first-order valence-electron chi connectivity index (χ1n) is 5.47. The first-order chi connectivity index (χ1) is 8.70. The summed E-state index contributed by atoms with van der Waals surface area (Å²) in [5.41, 5.74) is 7.37. The van der Waals surface area contributed by atoms with E-state index in [1.54, 1.807) is 24.5 Å². The molecule has 0 aromatic carbocycles. The Morgan fingerprint density at radius 3 is 2.89 bits per heavy atom. The van der Waals surface area contributed by atoms with Gasteiger partial charge in [-0.15, -0.1) is 0 Å². The van der Waals surface area contributed by atoms with Crippen LogP contribution in [0.4, 0.5) is 11.5 Å². The molecule has 5 nitrogen and oxygen atoms in total. The molecule has 90 valence electrons. The fourth-order valence-electron chi connectivity index (χ4n) is 1.61. The molecule has 2 rings (SSSR count). The lowest BCUT2D eigenvalue weighted by Crippen LogP contribution is -2.18. The summed E-state index contributed by atoms with van der Waals surface area (Å²) in [4.78, 5) is 10.2. The van der Waals surface area contributed by atoms with E-state index in [2.05, 4.69) is 9.97 Å². The highest BCUT2D eigenvalue weighted by atomic mass is 15.2. The molecule has 0 unspecified atom stereocenters. The first kappa shape index (κ1) is 11.9. The van der Waals surface area contributed by atoms with Crippen LogP contribution in [0, 0.1) is 11.3 Å².